The van der Waals surface area contributed by atoms with Crippen LogP contribution in [0, 0.1) is 46.8 Å². The SMILES string of the molecule is CCCCC(CC)CCC1=CC(F)=C(c2sc(-c3ccc(-c4sc(-c5ccc(CCC(CC)CCCC)cc5F)c(F)c4F)c4nsnc34)c(F)c2F)CC1C. The van der Waals surface area contributed by atoms with Crippen LogP contribution in [-0.2, 0) is 6.42 Å². The summed E-state index contributed by atoms with van der Waals surface area (Å²) in [7, 11) is 0. The van der Waals surface area contributed by atoms with Crippen LogP contribution in [-0.4, -0.2) is 8.75 Å². The minimum absolute atomic E-state index is 0.0267. The van der Waals surface area contributed by atoms with E-state index in [2.05, 4.69) is 36.4 Å². The maximum Gasteiger partial charge on any atom is 0.178 e. The third-order valence-corrected chi connectivity index (χ3v) is 14.5. The summed E-state index contributed by atoms with van der Waals surface area (Å²) in [6, 6.07) is 7.62. The number of thiophene rings is 2. The first-order valence-corrected chi connectivity index (χ1v) is 22.5. The summed E-state index contributed by atoms with van der Waals surface area (Å²) in [5.74, 6) is -4.65. The molecule has 0 fully saturated rings. The molecule has 3 heterocycles. The van der Waals surface area contributed by atoms with Gasteiger partial charge in [0.15, 0.2) is 23.3 Å². The molecule has 11 heteroatoms. The van der Waals surface area contributed by atoms with Crippen LogP contribution in [0.15, 0.2) is 47.8 Å². The van der Waals surface area contributed by atoms with Gasteiger partial charge in [0.05, 0.1) is 31.2 Å². The van der Waals surface area contributed by atoms with Gasteiger partial charge in [-0.15, -0.1) is 22.7 Å². The molecule has 0 saturated carbocycles. The van der Waals surface area contributed by atoms with Crippen molar-refractivity contribution < 1.29 is 26.3 Å². The van der Waals surface area contributed by atoms with Gasteiger partial charge in [-0.2, -0.15) is 8.75 Å². The summed E-state index contributed by atoms with van der Waals surface area (Å²) in [5, 5.41) is 0. The molecule has 0 spiro atoms. The number of nitrogens with zero attached hydrogens (tertiary/aromatic N) is 2. The topological polar surface area (TPSA) is 25.8 Å². The molecule has 3 aromatic heterocycles. The standard InChI is InChI=1S/C45H50F6N2S3/c1-6-10-12-26(8-3)14-15-28-17-19-30(34(46)23-28)42-36(48)37(49)43(54-42)31-20-21-32(41-40(31)52-56-53-41)44-38(50)39(51)45(55-44)33-22-25(5)29(24-35(33)47)18-16-27(9-4)13-11-7-2/h17,19-21,23-27H,6-16,18,22H2,1-5H3. The zero-order chi connectivity index (χ0) is 40.1. The highest BCUT2D eigenvalue weighted by molar-refractivity contribution is 7.19. The van der Waals surface area contributed by atoms with Crippen LogP contribution in [0.5, 0.6) is 0 Å². The van der Waals surface area contributed by atoms with E-state index < -0.39 is 34.9 Å². The Morgan fingerprint density at radius 2 is 1.14 bits per heavy atom. The number of unbranched alkanes of at least 4 members (excludes halogenated alkanes) is 2. The fourth-order valence-electron chi connectivity index (χ4n) is 7.91. The average molecular weight is 829 g/mol. The van der Waals surface area contributed by atoms with Gasteiger partial charge in [0.25, 0.3) is 0 Å². The van der Waals surface area contributed by atoms with Gasteiger partial charge in [0.2, 0.25) is 0 Å². The Bertz CT molecular complexity index is 2210. The van der Waals surface area contributed by atoms with E-state index in [0.717, 1.165) is 110 Å². The molecule has 0 saturated heterocycles. The second kappa shape index (κ2) is 19.0. The molecule has 6 rings (SSSR count). The fraction of sp³-hybridized carbons (Fsp3) is 0.467. The van der Waals surface area contributed by atoms with E-state index in [9.17, 15) is 0 Å². The first-order chi connectivity index (χ1) is 27.0. The first-order valence-electron chi connectivity index (χ1n) is 20.1. The van der Waals surface area contributed by atoms with Crippen LogP contribution >= 0.6 is 34.4 Å². The second-order valence-electron chi connectivity index (χ2n) is 15.3. The minimum atomic E-state index is -1.17. The molecular formula is C45H50F6N2S3. The van der Waals surface area contributed by atoms with E-state index >= 15 is 26.3 Å². The predicted molar refractivity (Wildman–Crippen MR) is 223 cm³/mol. The fourth-order valence-corrected chi connectivity index (χ4v) is 10.7. The van der Waals surface area contributed by atoms with E-state index in [0.29, 0.717) is 18.3 Å². The molecule has 0 bridgehead atoms. The van der Waals surface area contributed by atoms with E-state index in [1.165, 1.54) is 36.8 Å². The van der Waals surface area contributed by atoms with Crippen LogP contribution < -0.4 is 0 Å². The molecule has 1 aliphatic rings. The van der Waals surface area contributed by atoms with Crippen molar-refractivity contribution in [3.63, 3.8) is 0 Å². The Kier molecular flexibility index (Phi) is 14.3. The molecule has 1 aliphatic carbocycles. The van der Waals surface area contributed by atoms with Gasteiger partial charge >= 0.3 is 0 Å². The quantitative estimate of drug-likeness (QED) is 0.0822. The number of allylic oxidation sites excluding steroid dienone is 4. The molecule has 0 radical (unpaired) electrons. The maximum absolute atomic E-state index is 15.8. The van der Waals surface area contributed by atoms with Gasteiger partial charge in [0.1, 0.15) is 22.7 Å². The predicted octanol–water partition coefficient (Wildman–Crippen LogP) is 16.3. The van der Waals surface area contributed by atoms with Crippen LogP contribution in [0.3, 0.4) is 0 Å². The van der Waals surface area contributed by atoms with Gasteiger partial charge in [-0.05, 0) is 67.6 Å². The molecule has 3 unspecified atom stereocenters. The summed E-state index contributed by atoms with van der Waals surface area (Å²) in [5.41, 5.74) is 2.66. The number of hydrogen-bond donors (Lipinski definition) is 0. The average Bonchev–Trinajstić information content (AvgIpc) is 3.89. The minimum Gasteiger partial charge on any atom is -0.207 e. The van der Waals surface area contributed by atoms with Gasteiger partial charge in [-0.3, -0.25) is 0 Å². The summed E-state index contributed by atoms with van der Waals surface area (Å²) in [6.45, 7) is 10.7. The largest absolute Gasteiger partial charge is 0.207 e. The van der Waals surface area contributed by atoms with Crippen molar-refractivity contribution in [2.45, 2.75) is 118 Å². The molecule has 3 atom stereocenters. The van der Waals surface area contributed by atoms with Crippen LogP contribution in [0.2, 0.25) is 0 Å². The lowest BCUT2D eigenvalue weighted by molar-refractivity contribution is 0.413. The zero-order valence-electron chi connectivity index (χ0n) is 32.8. The van der Waals surface area contributed by atoms with Crippen molar-refractivity contribution in [3.8, 4) is 31.3 Å². The number of rotatable bonds is 18. The Labute approximate surface area is 339 Å². The first kappa shape index (κ1) is 42.3. The maximum atomic E-state index is 15.8. The summed E-state index contributed by atoms with van der Waals surface area (Å²) in [4.78, 5) is -0.462. The summed E-state index contributed by atoms with van der Waals surface area (Å²) in [6.07, 6.45) is 14.1. The second-order valence-corrected chi connectivity index (χ2v) is 17.8. The van der Waals surface area contributed by atoms with E-state index in [1.54, 1.807) is 6.07 Å². The highest BCUT2D eigenvalue weighted by Gasteiger charge is 2.31. The summed E-state index contributed by atoms with van der Waals surface area (Å²) >= 11 is 2.37. The van der Waals surface area contributed by atoms with Crippen LogP contribution in [0.25, 0.3) is 47.9 Å². The molecule has 0 N–H and O–H groups in total. The molecule has 5 aromatic rings. The van der Waals surface area contributed by atoms with Gasteiger partial charge in [-0.1, -0.05) is 116 Å². The molecular weight excluding hydrogens is 779 g/mol. The summed E-state index contributed by atoms with van der Waals surface area (Å²) < 4.78 is 103. The van der Waals surface area contributed by atoms with Crippen molar-refractivity contribution in [2.24, 2.45) is 17.8 Å². The Morgan fingerprint density at radius 3 is 1.68 bits per heavy atom. The molecule has 2 aromatic carbocycles. The zero-order valence-corrected chi connectivity index (χ0v) is 35.2. The number of aromatic nitrogens is 2. The van der Waals surface area contributed by atoms with Gasteiger partial charge < -0.3 is 0 Å². The number of fused-ring (bicyclic) bond motifs is 1. The number of aryl methyl sites for hydroxylation is 1. The van der Waals surface area contributed by atoms with Crippen molar-refractivity contribution >= 4 is 51.0 Å². The lowest BCUT2D eigenvalue weighted by Crippen LogP contribution is -2.09. The Hall–Kier alpha value is -3.28. The van der Waals surface area contributed by atoms with Crippen molar-refractivity contribution in [3.05, 3.63) is 87.3 Å². The van der Waals surface area contributed by atoms with Crippen LogP contribution in [0.1, 0.15) is 122 Å². The molecule has 0 aliphatic heterocycles. The van der Waals surface area contributed by atoms with Gasteiger partial charge in [-0.25, -0.2) is 26.3 Å². The highest BCUT2D eigenvalue weighted by atomic mass is 32.1. The number of halogens is 6. The number of benzene rings is 2. The smallest absolute Gasteiger partial charge is 0.178 e. The lowest BCUT2D eigenvalue weighted by Gasteiger charge is -2.24. The molecule has 56 heavy (non-hydrogen) atoms. The van der Waals surface area contributed by atoms with Gasteiger partial charge in [0, 0.05) is 22.3 Å². The molecule has 300 valence electrons. The number of hydrogen-bond acceptors (Lipinski definition) is 5. The Balaban J connectivity index is 1.27. The van der Waals surface area contributed by atoms with Crippen molar-refractivity contribution in [1.82, 2.24) is 8.75 Å². The monoisotopic (exact) mass is 828 g/mol. The third-order valence-electron chi connectivity index (χ3n) is 11.6. The van der Waals surface area contributed by atoms with E-state index in [-0.39, 0.29) is 65.1 Å². The van der Waals surface area contributed by atoms with Crippen molar-refractivity contribution in [1.29, 1.82) is 0 Å². The normalized spacial score (nSPS) is 15.9. The van der Waals surface area contributed by atoms with Crippen LogP contribution in [0.4, 0.5) is 26.3 Å². The lowest BCUT2D eigenvalue weighted by atomic mass is 9.82. The molecule has 2 nitrogen and oxygen atoms in total. The highest BCUT2D eigenvalue weighted by Crippen LogP contribution is 2.48. The van der Waals surface area contributed by atoms with E-state index in [1.807, 2.05) is 6.92 Å². The molecule has 0 amide bonds. The van der Waals surface area contributed by atoms with E-state index in [4.69, 9.17) is 0 Å². The third kappa shape index (κ3) is 8.90. The Morgan fingerprint density at radius 1 is 0.643 bits per heavy atom. The van der Waals surface area contributed by atoms with Crippen molar-refractivity contribution in [2.75, 3.05) is 0 Å².